The molecule has 13 heavy (non-hydrogen) atoms. The van der Waals surface area contributed by atoms with Gasteiger partial charge in [0.2, 0.25) is 0 Å². The van der Waals surface area contributed by atoms with Gasteiger partial charge in [0.15, 0.2) is 0 Å². The van der Waals surface area contributed by atoms with Crippen LogP contribution in [0.3, 0.4) is 0 Å². The van der Waals surface area contributed by atoms with Crippen LogP contribution in [0.5, 0.6) is 0 Å². The van der Waals surface area contributed by atoms with E-state index in [9.17, 15) is 0 Å². The first kappa shape index (κ1) is 12.8. The summed E-state index contributed by atoms with van der Waals surface area (Å²) in [6.45, 7) is 1.03. The molecule has 0 fully saturated rings. The molecule has 0 unspecified atom stereocenters. The molecule has 0 aliphatic heterocycles. The second kappa shape index (κ2) is 7.26. The van der Waals surface area contributed by atoms with Gasteiger partial charge in [-0.05, 0) is 12.8 Å². The molecule has 0 rings (SSSR count). The summed E-state index contributed by atoms with van der Waals surface area (Å²) >= 11 is 0. The van der Waals surface area contributed by atoms with Crippen LogP contribution in [0.1, 0.15) is 12.8 Å². The van der Waals surface area contributed by atoms with Gasteiger partial charge in [0.1, 0.15) is 0 Å². The summed E-state index contributed by atoms with van der Waals surface area (Å²) < 4.78 is 9.84. The number of hydrogen-bond donors (Lipinski definition) is 2. The lowest BCUT2D eigenvalue weighted by molar-refractivity contribution is 0.00192. The van der Waals surface area contributed by atoms with Crippen molar-refractivity contribution in [1.29, 1.82) is 0 Å². The Hall–Kier alpha value is -0.160. The van der Waals surface area contributed by atoms with E-state index in [0.717, 1.165) is 0 Å². The minimum Gasteiger partial charge on any atom is -0.396 e. The van der Waals surface area contributed by atoms with E-state index in [2.05, 4.69) is 0 Å². The van der Waals surface area contributed by atoms with Crippen molar-refractivity contribution in [3.63, 3.8) is 0 Å². The van der Waals surface area contributed by atoms with Crippen LogP contribution in [0.2, 0.25) is 0 Å². The zero-order chi connectivity index (χ0) is 10.2. The molecule has 0 radical (unpaired) electrons. The largest absolute Gasteiger partial charge is 0.396 e. The Kier molecular flexibility index (Phi) is 7.17. The SMILES string of the molecule is COCCC(CO)(CO)CCOC. The zero-order valence-electron chi connectivity index (χ0n) is 8.45. The van der Waals surface area contributed by atoms with Gasteiger partial charge in [-0.3, -0.25) is 0 Å². The Bertz CT molecular complexity index is 102. The van der Waals surface area contributed by atoms with E-state index >= 15 is 0 Å². The van der Waals surface area contributed by atoms with Crippen LogP contribution in [-0.2, 0) is 9.47 Å². The first-order valence-electron chi connectivity index (χ1n) is 4.44. The van der Waals surface area contributed by atoms with Gasteiger partial charge in [-0.2, -0.15) is 0 Å². The fraction of sp³-hybridized carbons (Fsp3) is 1.00. The van der Waals surface area contributed by atoms with Crippen LogP contribution in [0.4, 0.5) is 0 Å². The van der Waals surface area contributed by atoms with Crippen molar-refractivity contribution >= 4 is 0 Å². The minimum absolute atomic E-state index is 0.0315. The molecule has 0 amide bonds. The molecule has 0 aliphatic rings. The van der Waals surface area contributed by atoms with Gasteiger partial charge in [-0.25, -0.2) is 0 Å². The summed E-state index contributed by atoms with van der Waals surface area (Å²) in [6, 6.07) is 0. The molecule has 0 atom stereocenters. The molecule has 0 aliphatic carbocycles. The Morgan fingerprint density at radius 2 is 1.31 bits per heavy atom. The van der Waals surface area contributed by atoms with Gasteiger partial charge in [0.25, 0.3) is 0 Å². The number of hydrogen-bond acceptors (Lipinski definition) is 4. The molecular formula is C9H20O4. The normalized spacial score (nSPS) is 12.0. The number of rotatable bonds is 8. The van der Waals surface area contributed by atoms with Crippen molar-refractivity contribution in [2.75, 3.05) is 40.6 Å². The summed E-state index contributed by atoms with van der Waals surface area (Å²) in [5, 5.41) is 18.3. The molecule has 0 aromatic carbocycles. The third-order valence-electron chi connectivity index (χ3n) is 2.34. The number of aliphatic hydroxyl groups excluding tert-OH is 2. The summed E-state index contributed by atoms with van der Waals surface area (Å²) in [4.78, 5) is 0. The lowest BCUT2D eigenvalue weighted by Gasteiger charge is -2.29. The van der Waals surface area contributed by atoms with Gasteiger partial charge in [-0.15, -0.1) is 0 Å². The van der Waals surface area contributed by atoms with E-state index < -0.39 is 5.41 Å². The lowest BCUT2D eigenvalue weighted by Crippen LogP contribution is -2.32. The molecule has 0 saturated carbocycles. The van der Waals surface area contributed by atoms with E-state index in [4.69, 9.17) is 19.7 Å². The number of methoxy groups -OCH3 is 2. The molecule has 4 heteroatoms. The fourth-order valence-electron chi connectivity index (χ4n) is 1.13. The van der Waals surface area contributed by atoms with Crippen molar-refractivity contribution < 1.29 is 19.7 Å². The number of ether oxygens (including phenoxy) is 2. The van der Waals surface area contributed by atoms with Gasteiger partial charge >= 0.3 is 0 Å². The summed E-state index contributed by atoms with van der Waals surface area (Å²) in [6.07, 6.45) is 1.31. The standard InChI is InChI=1S/C9H20O4/c1-12-5-3-9(7-10,8-11)4-6-13-2/h10-11H,3-8H2,1-2H3. The van der Waals surface area contributed by atoms with Crippen LogP contribution in [0.25, 0.3) is 0 Å². The second-order valence-corrected chi connectivity index (χ2v) is 3.30. The Morgan fingerprint density at radius 1 is 0.923 bits per heavy atom. The van der Waals surface area contributed by atoms with Crippen LogP contribution in [0.15, 0.2) is 0 Å². The van der Waals surface area contributed by atoms with E-state index in [1.165, 1.54) is 0 Å². The highest BCUT2D eigenvalue weighted by molar-refractivity contribution is 4.77. The van der Waals surface area contributed by atoms with Gasteiger partial charge < -0.3 is 19.7 Å². The van der Waals surface area contributed by atoms with Gasteiger partial charge in [0.05, 0.1) is 13.2 Å². The van der Waals surface area contributed by atoms with Crippen LogP contribution in [0, 0.1) is 5.41 Å². The molecule has 0 bridgehead atoms. The van der Waals surface area contributed by atoms with Gasteiger partial charge in [-0.1, -0.05) is 0 Å². The molecule has 2 N–H and O–H groups in total. The van der Waals surface area contributed by atoms with Crippen molar-refractivity contribution in [3.8, 4) is 0 Å². The highest BCUT2D eigenvalue weighted by Gasteiger charge is 2.27. The predicted molar refractivity (Wildman–Crippen MR) is 49.6 cm³/mol. The van der Waals surface area contributed by atoms with Crippen molar-refractivity contribution in [2.45, 2.75) is 12.8 Å². The van der Waals surface area contributed by atoms with E-state index in [1.54, 1.807) is 14.2 Å². The molecule has 0 saturated heterocycles. The average molecular weight is 192 g/mol. The second-order valence-electron chi connectivity index (χ2n) is 3.30. The third-order valence-corrected chi connectivity index (χ3v) is 2.34. The van der Waals surface area contributed by atoms with Gasteiger partial charge in [0, 0.05) is 32.8 Å². The monoisotopic (exact) mass is 192 g/mol. The summed E-state index contributed by atoms with van der Waals surface area (Å²) in [5.41, 5.74) is -0.452. The molecule has 0 aromatic rings. The fourth-order valence-corrected chi connectivity index (χ4v) is 1.13. The Balaban J connectivity index is 3.97. The summed E-state index contributed by atoms with van der Waals surface area (Å²) in [5.74, 6) is 0. The van der Waals surface area contributed by atoms with Crippen LogP contribution < -0.4 is 0 Å². The van der Waals surface area contributed by atoms with E-state index in [0.29, 0.717) is 26.1 Å². The molecule has 0 spiro atoms. The summed E-state index contributed by atoms with van der Waals surface area (Å²) in [7, 11) is 3.21. The third kappa shape index (κ3) is 4.57. The Labute approximate surface area is 79.5 Å². The van der Waals surface area contributed by atoms with Crippen molar-refractivity contribution in [3.05, 3.63) is 0 Å². The maximum absolute atomic E-state index is 9.16. The quantitative estimate of drug-likeness (QED) is 0.569. The zero-order valence-corrected chi connectivity index (χ0v) is 8.45. The van der Waals surface area contributed by atoms with Crippen LogP contribution >= 0.6 is 0 Å². The molecular weight excluding hydrogens is 172 g/mol. The highest BCUT2D eigenvalue weighted by atomic mass is 16.5. The highest BCUT2D eigenvalue weighted by Crippen LogP contribution is 2.25. The topological polar surface area (TPSA) is 58.9 Å². The maximum atomic E-state index is 9.16. The van der Waals surface area contributed by atoms with Crippen LogP contribution in [-0.4, -0.2) is 50.9 Å². The first-order chi connectivity index (χ1) is 6.24. The molecule has 80 valence electrons. The predicted octanol–water partition coefficient (Wildman–Crippen LogP) is 0.0304. The maximum Gasteiger partial charge on any atom is 0.0511 e. The first-order valence-corrected chi connectivity index (χ1v) is 4.44. The number of aliphatic hydroxyl groups is 2. The molecule has 0 aromatic heterocycles. The minimum atomic E-state index is -0.452. The molecule has 4 nitrogen and oxygen atoms in total. The Morgan fingerprint density at radius 3 is 1.54 bits per heavy atom. The molecule has 0 heterocycles. The van der Waals surface area contributed by atoms with Crippen molar-refractivity contribution in [2.24, 2.45) is 5.41 Å². The average Bonchev–Trinajstić information content (AvgIpc) is 2.20. The smallest absolute Gasteiger partial charge is 0.0511 e. The van der Waals surface area contributed by atoms with E-state index in [1.807, 2.05) is 0 Å². The van der Waals surface area contributed by atoms with E-state index in [-0.39, 0.29) is 13.2 Å². The van der Waals surface area contributed by atoms with Crippen molar-refractivity contribution in [1.82, 2.24) is 0 Å². The lowest BCUT2D eigenvalue weighted by atomic mass is 9.83.